The molecule has 1 saturated heterocycles. The van der Waals surface area contributed by atoms with Gasteiger partial charge in [0.15, 0.2) is 0 Å². The lowest BCUT2D eigenvalue weighted by Gasteiger charge is -2.29. The maximum absolute atomic E-state index is 10.3. The van der Waals surface area contributed by atoms with E-state index in [-0.39, 0.29) is 18.4 Å². The van der Waals surface area contributed by atoms with Crippen LogP contribution in [0, 0.1) is 5.92 Å². The molecule has 0 bridgehead atoms. The van der Waals surface area contributed by atoms with Gasteiger partial charge in [-0.2, -0.15) is 0 Å². The minimum absolute atomic E-state index is 0. The van der Waals surface area contributed by atoms with Gasteiger partial charge in [0.2, 0.25) is 0 Å². The van der Waals surface area contributed by atoms with Gasteiger partial charge in [-0.3, -0.25) is 0 Å². The van der Waals surface area contributed by atoms with Crippen molar-refractivity contribution in [3.63, 3.8) is 0 Å². The lowest BCUT2D eigenvalue weighted by Crippen LogP contribution is -2.27. The molecule has 21 heavy (non-hydrogen) atoms. The number of hydrogen-bond donors (Lipinski definition) is 2. The quantitative estimate of drug-likeness (QED) is 0.877. The molecule has 1 heterocycles. The third-order valence-corrected chi connectivity index (χ3v) is 4.28. The van der Waals surface area contributed by atoms with E-state index in [1.165, 1.54) is 0 Å². The van der Waals surface area contributed by atoms with Crippen molar-refractivity contribution in [1.29, 1.82) is 0 Å². The highest BCUT2D eigenvalue weighted by Gasteiger charge is 2.24. The largest absolute Gasteiger partial charge is 0.508 e. The highest BCUT2D eigenvalue weighted by atomic mass is 35.5. The van der Waals surface area contributed by atoms with Crippen LogP contribution < -0.4 is 10.6 Å². The van der Waals surface area contributed by atoms with Crippen LogP contribution in [0.1, 0.15) is 38.3 Å². The van der Waals surface area contributed by atoms with Crippen LogP contribution in [-0.2, 0) is 4.74 Å². The molecule has 0 spiro atoms. The molecule has 0 unspecified atom stereocenters. The molecule has 1 aromatic rings. The fourth-order valence-corrected chi connectivity index (χ4v) is 2.93. The van der Waals surface area contributed by atoms with Crippen LogP contribution >= 0.6 is 12.4 Å². The zero-order chi connectivity index (χ0) is 14.5. The molecule has 4 nitrogen and oxygen atoms in total. The molecule has 1 aliphatic rings. The van der Waals surface area contributed by atoms with E-state index < -0.39 is 0 Å². The van der Waals surface area contributed by atoms with Gasteiger partial charge < -0.3 is 20.5 Å². The molecular weight excluding hydrogens is 288 g/mol. The van der Waals surface area contributed by atoms with Crippen molar-refractivity contribution in [3.8, 4) is 5.75 Å². The summed E-state index contributed by atoms with van der Waals surface area (Å²) in [6.45, 7) is 7.64. The Hall–Kier alpha value is -0.970. The van der Waals surface area contributed by atoms with Crippen LogP contribution in [-0.4, -0.2) is 31.4 Å². The summed E-state index contributed by atoms with van der Waals surface area (Å²) in [6.07, 6.45) is 1.94. The third kappa shape index (κ3) is 4.25. The number of phenols is 1. The number of rotatable bonds is 5. The lowest BCUT2D eigenvalue weighted by atomic mass is 9.87. The number of anilines is 1. The minimum atomic E-state index is -0.107. The van der Waals surface area contributed by atoms with Crippen molar-refractivity contribution >= 4 is 18.1 Å². The Bertz CT molecular complexity index is 432. The molecule has 1 atom stereocenters. The number of phenolic OH excluding ortho intramolecular Hbond substituents is 1. The Morgan fingerprint density at radius 1 is 1.29 bits per heavy atom. The zero-order valence-corrected chi connectivity index (χ0v) is 13.7. The maximum atomic E-state index is 10.3. The van der Waals surface area contributed by atoms with E-state index in [0.29, 0.717) is 11.7 Å². The first-order valence-electron chi connectivity index (χ1n) is 7.58. The fourth-order valence-electron chi connectivity index (χ4n) is 2.93. The lowest BCUT2D eigenvalue weighted by molar-refractivity contribution is 0.0581. The summed E-state index contributed by atoms with van der Waals surface area (Å²) in [5.41, 5.74) is 8.24. The van der Waals surface area contributed by atoms with E-state index in [9.17, 15) is 5.11 Å². The summed E-state index contributed by atoms with van der Waals surface area (Å²) < 4.78 is 5.37. The highest BCUT2D eigenvalue weighted by molar-refractivity contribution is 5.85. The second-order valence-corrected chi connectivity index (χ2v) is 5.39. The van der Waals surface area contributed by atoms with E-state index in [4.69, 9.17) is 10.5 Å². The molecule has 1 aromatic carbocycles. The Kier molecular flexibility index (Phi) is 7.29. The molecule has 1 aliphatic heterocycles. The molecule has 0 aliphatic carbocycles. The topological polar surface area (TPSA) is 58.7 Å². The summed E-state index contributed by atoms with van der Waals surface area (Å²) in [5, 5.41) is 10.3. The van der Waals surface area contributed by atoms with Crippen LogP contribution in [0.4, 0.5) is 5.69 Å². The molecule has 2 rings (SSSR count). The van der Waals surface area contributed by atoms with E-state index in [0.717, 1.165) is 50.4 Å². The van der Waals surface area contributed by atoms with E-state index in [1.807, 2.05) is 12.1 Å². The maximum Gasteiger partial charge on any atom is 0.122 e. The normalized spacial score (nSPS) is 17.1. The van der Waals surface area contributed by atoms with Gasteiger partial charge in [0.25, 0.3) is 0 Å². The van der Waals surface area contributed by atoms with Gasteiger partial charge in [0, 0.05) is 49.7 Å². The number of nitrogens with two attached hydrogens (primary N) is 1. The molecule has 5 heteroatoms. The molecule has 120 valence electrons. The second-order valence-electron chi connectivity index (χ2n) is 5.39. The summed E-state index contributed by atoms with van der Waals surface area (Å²) in [5.74, 6) is 0.711. The summed E-state index contributed by atoms with van der Waals surface area (Å²) >= 11 is 0. The average Bonchev–Trinajstić information content (AvgIpc) is 2.49. The molecule has 0 aromatic heterocycles. The third-order valence-electron chi connectivity index (χ3n) is 4.28. The Morgan fingerprint density at radius 2 is 1.90 bits per heavy atom. The van der Waals surface area contributed by atoms with E-state index in [2.05, 4.69) is 24.8 Å². The van der Waals surface area contributed by atoms with Crippen molar-refractivity contribution in [2.24, 2.45) is 11.7 Å². The van der Waals surface area contributed by atoms with E-state index >= 15 is 0 Å². The van der Waals surface area contributed by atoms with Gasteiger partial charge in [-0.15, -0.1) is 12.4 Å². The van der Waals surface area contributed by atoms with Crippen LogP contribution in [0.5, 0.6) is 5.75 Å². The van der Waals surface area contributed by atoms with E-state index in [1.54, 1.807) is 0 Å². The number of aromatic hydroxyl groups is 1. The molecule has 1 fully saturated rings. The Labute approximate surface area is 133 Å². The van der Waals surface area contributed by atoms with Crippen molar-refractivity contribution in [2.45, 2.75) is 32.7 Å². The summed E-state index contributed by atoms with van der Waals surface area (Å²) in [6, 6.07) is 5.76. The Morgan fingerprint density at radius 3 is 2.43 bits per heavy atom. The van der Waals surface area contributed by atoms with Gasteiger partial charge in [0.1, 0.15) is 5.75 Å². The zero-order valence-electron chi connectivity index (χ0n) is 12.9. The number of halogens is 1. The average molecular weight is 315 g/mol. The highest BCUT2D eigenvalue weighted by Crippen LogP contribution is 2.34. The van der Waals surface area contributed by atoms with Crippen LogP contribution in [0.3, 0.4) is 0 Å². The van der Waals surface area contributed by atoms with Crippen LogP contribution in [0.15, 0.2) is 18.2 Å². The number of ether oxygens (including phenoxy) is 1. The summed E-state index contributed by atoms with van der Waals surface area (Å²) in [7, 11) is 0. The van der Waals surface area contributed by atoms with Gasteiger partial charge in [-0.25, -0.2) is 0 Å². The fraction of sp³-hybridized carbons (Fsp3) is 0.625. The van der Waals surface area contributed by atoms with Crippen LogP contribution in [0.25, 0.3) is 0 Å². The molecule has 0 saturated carbocycles. The first-order chi connectivity index (χ1) is 9.67. The van der Waals surface area contributed by atoms with Crippen LogP contribution in [0.2, 0.25) is 0 Å². The monoisotopic (exact) mass is 314 g/mol. The molecule has 0 radical (unpaired) electrons. The van der Waals surface area contributed by atoms with Gasteiger partial charge >= 0.3 is 0 Å². The standard InChI is InChI=1S/C16H26N2O2.ClH/c1-3-18(4-2)13-5-6-14(15(19)11-13)16(17)12-7-9-20-10-8-12;/h5-6,11-12,16,19H,3-4,7-10,17H2,1-2H3;1H/t16-;/m0./s1. The minimum Gasteiger partial charge on any atom is -0.508 e. The molecule has 3 N–H and O–H groups in total. The molecular formula is C16H27ClN2O2. The van der Waals surface area contributed by atoms with Gasteiger partial charge in [-0.1, -0.05) is 6.07 Å². The molecule has 0 amide bonds. The van der Waals surface area contributed by atoms with Crippen molar-refractivity contribution in [3.05, 3.63) is 23.8 Å². The van der Waals surface area contributed by atoms with Gasteiger partial charge in [-0.05, 0) is 38.7 Å². The Balaban J connectivity index is 0.00000220. The number of benzene rings is 1. The first-order valence-corrected chi connectivity index (χ1v) is 7.58. The van der Waals surface area contributed by atoms with Gasteiger partial charge in [0.05, 0.1) is 0 Å². The smallest absolute Gasteiger partial charge is 0.122 e. The number of hydrogen-bond acceptors (Lipinski definition) is 4. The predicted molar refractivity (Wildman–Crippen MR) is 89.4 cm³/mol. The number of nitrogens with zero attached hydrogens (tertiary/aromatic N) is 1. The van der Waals surface area contributed by atoms with Crippen molar-refractivity contribution in [1.82, 2.24) is 0 Å². The SMILES string of the molecule is CCN(CC)c1ccc([C@@H](N)C2CCOCC2)c(O)c1.Cl. The second kappa shape index (κ2) is 8.47. The van der Waals surface area contributed by atoms with Crippen molar-refractivity contribution < 1.29 is 9.84 Å². The summed E-state index contributed by atoms with van der Waals surface area (Å²) in [4.78, 5) is 2.21. The van der Waals surface area contributed by atoms with Crippen molar-refractivity contribution in [2.75, 3.05) is 31.2 Å². The predicted octanol–water partition coefficient (Wildman–Crippen LogP) is 3.09. The first kappa shape index (κ1) is 18.1.